The predicted octanol–water partition coefficient (Wildman–Crippen LogP) is 4.93. The molecule has 7 heteroatoms. The molecule has 0 radical (unpaired) electrons. The van der Waals surface area contributed by atoms with E-state index >= 15 is 0 Å². The highest BCUT2D eigenvalue weighted by molar-refractivity contribution is 7.13. The quantitative estimate of drug-likeness (QED) is 0.587. The van der Waals surface area contributed by atoms with Crippen molar-refractivity contribution in [3.63, 3.8) is 0 Å². The van der Waals surface area contributed by atoms with Crippen LogP contribution in [0.15, 0.2) is 53.9 Å². The van der Waals surface area contributed by atoms with Gasteiger partial charge in [-0.25, -0.2) is 9.37 Å². The Morgan fingerprint density at radius 3 is 2.63 bits per heavy atom. The van der Waals surface area contributed by atoms with Crippen LogP contribution in [0.5, 0.6) is 0 Å². The molecule has 2 aromatic carbocycles. The Bertz CT molecular complexity index is 1000. The first kappa shape index (κ1) is 21.0. The maximum atomic E-state index is 13.0. The molecule has 0 bridgehead atoms. The third-order valence-electron chi connectivity index (χ3n) is 5.27. The molecule has 0 atom stereocenters. The normalized spacial score (nSPS) is 15.3. The number of carbonyl (C=O) groups is 1. The average molecular weight is 444 g/mol. The summed E-state index contributed by atoms with van der Waals surface area (Å²) in [5, 5.41) is 6.56. The molecule has 156 valence electrons. The first-order valence-corrected chi connectivity index (χ1v) is 11.3. The number of piperidine rings is 1. The van der Waals surface area contributed by atoms with Crippen LogP contribution in [0.1, 0.15) is 24.1 Å². The molecule has 4 rings (SSSR count). The van der Waals surface area contributed by atoms with Gasteiger partial charge in [-0.2, -0.15) is 0 Å². The molecule has 1 aromatic heterocycles. The lowest BCUT2D eigenvalue weighted by Crippen LogP contribution is -2.44. The number of nitrogens with zero attached hydrogens (tertiary/aromatic N) is 2. The van der Waals surface area contributed by atoms with Gasteiger partial charge in [0, 0.05) is 36.6 Å². The van der Waals surface area contributed by atoms with Crippen molar-refractivity contribution in [3.8, 4) is 10.6 Å². The SMILES string of the molecule is O=C(Cc1csc(-c2ccccc2Cl)n1)NC1CCN(Cc2ccc(F)cc2)CC1. The van der Waals surface area contributed by atoms with Crippen molar-refractivity contribution in [1.82, 2.24) is 15.2 Å². The average Bonchev–Trinajstić information content (AvgIpc) is 3.19. The third kappa shape index (κ3) is 5.45. The summed E-state index contributed by atoms with van der Waals surface area (Å²) in [5.41, 5.74) is 2.77. The smallest absolute Gasteiger partial charge is 0.226 e. The number of rotatable bonds is 6. The lowest BCUT2D eigenvalue weighted by atomic mass is 10.0. The molecule has 4 nitrogen and oxygen atoms in total. The monoisotopic (exact) mass is 443 g/mol. The number of carbonyl (C=O) groups excluding carboxylic acids is 1. The fourth-order valence-electron chi connectivity index (χ4n) is 3.67. The number of benzene rings is 2. The highest BCUT2D eigenvalue weighted by Gasteiger charge is 2.21. The van der Waals surface area contributed by atoms with E-state index in [0.29, 0.717) is 5.02 Å². The number of hydrogen-bond donors (Lipinski definition) is 1. The molecule has 1 N–H and O–H groups in total. The van der Waals surface area contributed by atoms with Gasteiger partial charge in [0.25, 0.3) is 0 Å². The molecule has 0 aliphatic carbocycles. The van der Waals surface area contributed by atoms with Crippen LogP contribution < -0.4 is 5.32 Å². The summed E-state index contributed by atoms with van der Waals surface area (Å²) in [6.45, 7) is 2.63. The zero-order valence-corrected chi connectivity index (χ0v) is 18.1. The minimum Gasteiger partial charge on any atom is -0.353 e. The van der Waals surface area contributed by atoms with E-state index in [-0.39, 0.29) is 24.2 Å². The summed E-state index contributed by atoms with van der Waals surface area (Å²) in [5.74, 6) is -0.206. The molecule has 1 aliphatic rings. The number of thiazole rings is 1. The molecule has 30 heavy (non-hydrogen) atoms. The van der Waals surface area contributed by atoms with Crippen LogP contribution in [0.3, 0.4) is 0 Å². The second-order valence-electron chi connectivity index (χ2n) is 7.55. The molecule has 2 heterocycles. The van der Waals surface area contributed by atoms with Crippen LogP contribution in [0.4, 0.5) is 4.39 Å². The number of nitrogens with one attached hydrogen (secondary N) is 1. The number of halogens is 2. The maximum absolute atomic E-state index is 13.0. The summed E-state index contributed by atoms with van der Waals surface area (Å²) in [7, 11) is 0. The molecular formula is C23H23ClFN3OS. The third-order valence-corrected chi connectivity index (χ3v) is 6.52. The second kappa shape index (κ2) is 9.69. The molecule has 1 saturated heterocycles. The highest BCUT2D eigenvalue weighted by atomic mass is 35.5. The summed E-state index contributed by atoms with van der Waals surface area (Å²) in [4.78, 5) is 19.4. The van der Waals surface area contributed by atoms with Gasteiger partial charge in [-0.05, 0) is 36.6 Å². The van der Waals surface area contributed by atoms with Crippen molar-refractivity contribution < 1.29 is 9.18 Å². The van der Waals surface area contributed by atoms with Gasteiger partial charge in [-0.3, -0.25) is 9.69 Å². The van der Waals surface area contributed by atoms with Gasteiger partial charge in [0.15, 0.2) is 0 Å². The van der Waals surface area contributed by atoms with Crippen molar-refractivity contribution in [2.24, 2.45) is 0 Å². The Morgan fingerprint density at radius 2 is 1.90 bits per heavy atom. The zero-order valence-electron chi connectivity index (χ0n) is 16.5. The van der Waals surface area contributed by atoms with E-state index in [1.165, 1.54) is 23.5 Å². The zero-order chi connectivity index (χ0) is 20.9. The van der Waals surface area contributed by atoms with E-state index in [2.05, 4.69) is 15.2 Å². The van der Waals surface area contributed by atoms with Gasteiger partial charge in [-0.1, -0.05) is 41.9 Å². The lowest BCUT2D eigenvalue weighted by Gasteiger charge is -2.32. The number of likely N-dealkylation sites (tertiary alicyclic amines) is 1. The van der Waals surface area contributed by atoms with Gasteiger partial charge in [0.1, 0.15) is 10.8 Å². The molecule has 0 unspecified atom stereocenters. The number of hydrogen-bond acceptors (Lipinski definition) is 4. The Kier molecular flexibility index (Phi) is 6.77. The Balaban J connectivity index is 1.24. The first-order valence-electron chi connectivity index (χ1n) is 10.0. The predicted molar refractivity (Wildman–Crippen MR) is 119 cm³/mol. The van der Waals surface area contributed by atoms with Crippen LogP contribution in [-0.4, -0.2) is 34.9 Å². The van der Waals surface area contributed by atoms with Gasteiger partial charge in [0.2, 0.25) is 5.91 Å². The van der Waals surface area contributed by atoms with Crippen molar-refractivity contribution >= 4 is 28.8 Å². The van der Waals surface area contributed by atoms with E-state index in [1.807, 2.05) is 41.8 Å². The Morgan fingerprint density at radius 1 is 1.17 bits per heavy atom. The Hall–Kier alpha value is -2.28. The fraction of sp³-hybridized carbons (Fsp3) is 0.304. The first-order chi connectivity index (χ1) is 14.6. The Labute approximate surface area is 184 Å². The topological polar surface area (TPSA) is 45.2 Å². The number of aromatic nitrogens is 1. The summed E-state index contributed by atoms with van der Waals surface area (Å²) >= 11 is 7.74. The van der Waals surface area contributed by atoms with Gasteiger partial charge in [-0.15, -0.1) is 11.3 Å². The summed E-state index contributed by atoms with van der Waals surface area (Å²) in [6.07, 6.45) is 2.10. The molecular weight excluding hydrogens is 421 g/mol. The molecule has 1 aliphatic heterocycles. The van der Waals surface area contributed by atoms with Crippen LogP contribution in [0.25, 0.3) is 10.6 Å². The minimum atomic E-state index is -0.209. The van der Waals surface area contributed by atoms with Crippen molar-refractivity contribution in [2.45, 2.75) is 31.8 Å². The summed E-state index contributed by atoms with van der Waals surface area (Å²) < 4.78 is 13.0. The van der Waals surface area contributed by atoms with Crippen LogP contribution in [0.2, 0.25) is 5.02 Å². The highest BCUT2D eigenvalue weighted by Crippen LogP contribution is 2.30. The lowest BCUT2D eigenvalue weighted by molar-refractivity contribution is -0.121. The standard InChI is InChI=1S/C23H23ClFN3OS/c24-21-4-2-1-3-20(21)23-27-19(15-30-23)13-22(29)26-18-9-11-28(12-10-18)14-16-5-7-17(25)8-6-16/h1-8,15,18H,9-14H2,(H,26,29). The molecule has 1 amide bonds. The van der Waals surface area contributed by atoms with Crippen LogP contribution in [0, 0.1) is 5.82 Å². The molecule has 1 fully saturated rings. The molecule has 0 spiro atoms. The van der Waals surface area contributed by atoms with E-state index in [1.54, 1.807) is 0 Å². The van der Waals surface area contributed by atoms with E-state index in [4.69, 9.17) is 11.6 Å². The minimum absolute atomic E-state index is 0.00277. The van der Waals surface area contributed by atoms with Crippen LogP contribution >= 0.6 is 22.9 Å². The largest absolute Gasteiger partial charge is 0.353 e. The van der Waals surface area contributed by atoms with Gasteiger partial charge in [0.05, 0.1) is 17.1 Å². The van der Waals surface area contributed by atoms with Gasteiger partial charge < -0.3 is 5.32 Å². The van der Waals surface area contributed by atoms with E-state index in [0.717, 1.165) is 54.3 Å². The van der Waals surface area contributed by atoms with Crippen molar-refractivity contribution in [1.29, 1.82) is 0 Å². The van der Waals surface area contributed by atoms with E-state index < -0.39 is 0 Å². The van der Waals surface area contributed by atoms with Gasteiger partial charge >= 0.3 is 0 Å². The maximum Gasteiger partial charge on any atom is 0.226 e. The molecule has 3 aromatic rings. The second-order valence-corrected chi connectivity index (χ2v) is 8.81. The summed E-state index contributed by atoms with van der Waals surface area (Å²) in [6, 6.07) is 14.4. The van der Waals surface area contributed by atoms with Crippen LogP contribution in [-0.2, 0) is 17.8 Å². The number of amides is 1. The van der Waals surface area contributed by atoms with Crippen molar-refractivity contribution in [3.05, 3.63) is 76.0 Å². The van der Waals surface area contributed by atoms with E-state index in [9.17, 15) is 9.18 Å². The van der Waals surface area contributed by atoms with Crippen molar-refractivity contribution in [2.75, 3.05) is 13.1 Å². The molecule has 0 saturated carbocycles. The fourth-order valence-corrected chi connectivity index (χ4v) is 4.81.